The van der Waals surface area contributed by atoms with Gasteiger partial charge in [0.15, 0.2) is 0 Å². The lowest BCUT2D eigenvalue weighted by atomic mass is 9.97. The molecule has 19 heavy (non-hydrogen) atoms. The third kappa shape index (κ3) is 3.75. The van der Waals surface area contributed by atoms with E-state index in [0.717, 1.165) is 5.56 Å². The number of carbonyl (C=O) groups excluding carboxylic acids is 1. The molecule has 0 radical (unpaired) electrons. The van der Waals surface area contributed by atoms with E-state index in [1.165, 1.54) is 12.1 Å². The van der Waals surface area contributed by atoms with E-state index in [1.807, 2.05) is 11.8 Å². The van der Waals surface area contributed by atoms with Crippen molar-refractivity contribution < 1.29 is 14.3 Å². The first-order valence-corrected chi connectivity index (χ1v) is 6.35. The Balaban J connectivity index is 1.80. The van der Waals surface area contributed by atoms with Crippen LogP contribution in [0, 0.1) is 5.82 Å². The number of benzene rings is 1. The summed E-state index contributed by atoms with van der Waals surface area (Å²) in [5.41, 5.74) is 0.202. The van der Waals surface area contributed by atoms with Crippen molar-refractivity contribution in [1.29, 1.82) is 0 Å². The number of aliphatic hydroxyl groups is 1. The third-order valence-corrected chi connectivity index (χ3v) is 3.24. The van der Waals surface area contributed by atoms with Gasteiger partial charge in [0, 0.05) is 13.1 Å². The van der Waals surface area contributed by atoms with E-state index in [1.54, 1.807) is 19.1 Å². The van der Waals surface area contributed by atoms with E-state index in [9.17, 15) is 14.3 Å². The maximum atomic E-state index is 12.8. The average Bonchev–Trinajstić information content (AvgIpc) is 2.27. The SMILES string of the molecule is CC(NC(=O)CN1CC(C)(O)C1)c1ccc(F)cc1. The maximum Gasteiger partial charge on any atom is 0.234 e. The van der Waals surface area contributed by atoms with Gasteiger partial charge in [-0.1, -0.05) is 12.1 Å². The molecule has 5 heteroatoms. The van der Waals surface area contributed by atoms with Gasteiger partial charge < -0.3 is 10.4 Å². The highest BCUT2D eigenvalue weighted by Gasteiger charge is 2.37. The highest BCUT2D eigenvalue weighted by molar-refractivity contribution is 5.78. The molecular formula is C14H19FN2O2. The monoisotopic (exact) mass is 266 g/mol. The Morgan fingerprint density at radius 3 is 2.58 bits per heavy atom. The highest BCUT2D eigenvalue weighted by Crippen LogP contribution is 2.19. The van der Waals surface area contributed by atoms with Crippen molar-refractivity contribution >= 4 is 5.91 Å². The summed E-state index contributed by atoms with van der Waals surface area (Å²) in [5.74, 6) is -0.377. The van der Waals surface area contributed by atoms with E-state index in [4.69, 9.17) is 0 Å². The molecule has 1 fully saturated rings. The maximum absolute atomic E-state index is 12.8. The minimum Gasteiger partial charge on any atom is -0.388 e. The Morgan fingerprint density at radius 1 is 1.47 bits per heavy atom. The molecular weight excluding hydrogens is 247 g/mol. The molecule has 0 bridgehead atoms. The van der Waals surface area contributed by atoms with Gasteiger partial charge in [-0.05, 0) is 31.5 Å². The molecule has 1 atom stereocenters. The van der Waals surface area contributed by atoms with Crippen molar-refractivity contribution in [2.24, 2.45) is 0 Å². The zero-order valence-electron chi connectivity index (χ0n) is 11.2. The lowest BCUT2D eigenvalue weighted by molar-refractivity contribution is -0.130. The topological polar surface area (TPSA) is 52.6 Å². The number of hydrogen-bond acceptors (Lipinski definition) is 3. The number of hydrogen-bond donors (Lipinski definition) is 2. The van der Waals surface area contributed by atoms with Gasteiger partial charge in [-0.2, -0.15) is 0 Å². The first kappa shape index (κ1) is 14.0. The Morgan fingerprint density at radius 2 is 2.05 bits per heavy atom. The van der Waals surface area contributed by atoms with Gasteiger partial charge >= 0.3 is 0 Å². The number of halogens is 1. The molecule has 0 spiro atoms. The fourth-order valence-electron chi connectivity index (χ4n) is 2.35. The number of carbonyl (C=O) groups is 1. The normalized spacial score (nSPS) is 19.6. The van der Waals surface area contributed by atoms with E-state index in [0.29, 0.717) is 13.1 Å². The summed E-state index contributed by atoms with van der Waals surface area (Å²) in [6, 6.07) is 5.92. The van der Waals surface area contributed by atoms with Crippen molar-refractivity contribution in [1.82, 2.24) is 10.2 Å². The van der Waals surface area contributed by atoms with Gasteiger partial charge in [0.05, 0.1) is 18.2 Å². The van der Waals surface area contributed by atoms with Crippen LogP contribution in [0.3, 0.4) is 0 Å². The summed E-state index contributed by atoms with van der Waals surface area (Å²) < 4.78 is 12.8. The fraction of sp³-hybridized carbons (Fsp3) is 0.500. The van der Waals surface area contributed by atoms with Crippen LogP contribution < -0.4 is 5.32 Å². The van der Waals surface area contributed by atoms with Gasteiger partial charge in [-0.3, -0.25) is 9.69 Å². The number of nitrogens with zero attached hydrogens (tertiary/aromatic N) is 1. The molecule has 0 saturated carbocycles. The first-order valence-electron chi connectivity index (χ1n) is 6.35. The Bertz CT molecular complexity index is 451. The molecule has 1 unspecified atom stereocenters. The number of nitrogens with one attached hydrogen (secondary N) is 1. The van der Waals surface area contributed by atoms with E-state index < -0.39 is 5.60 Å². The molecule has 1 aliphatic rings. The predicted octanol–water partition coefficient (Wildman–Crippen LogP) is 1.07. The summed E-state index contributed by atoms with van der Waals surface area (Å²) >= 11 is 0. The van der Waals surface area contributed by atoms with Gasteiger partial charge in [0.2, 0.25) is 5.91 Å². The molecule has 4 nitrogen and oxygen atoms in total. The van der Waals surface area contributed by atoms with Crippen molar-refractivity contribution in [3.05, 3.63) is 35.6 Å². The Hall–Kier alpha value is -1.46. The molecule has 0 aliphatic carbocycles. The zero-order chi connectivity index (χ0) is 14.0. The number of β-amino-alcohol motifs (C(OH)–C–C–N with tert-alkyl or cyclic N) is 1. The van der Waals surface area contributed by atoms with Crippen molar-refractivity contribution in [3.8, 4) is 0 Å². The second kappa shape index (κ2) is 5.27. The first-order chi connectivity index (χ1) is 8.85. The molecule has 1 amide bonds. The standard InChI is InChI=1S/C14H19FN2O2/c1-10(11-3-5-12(15)6-4-11)16-13(18)7-17-8-14(2,19)9-17/h3-6,10,19H,7-9H2,1-2H3,(H,16,18). The fourth-order valence-corrected chi connectivity index (χ4v) is 2.35. The van der Waals surface area contributed by atoms with Gasteiger partial charge in [-0.15, -0.1) is 0 Å². The van der Waals surface area contributed by atoms with Crippen LogP contribution in [-0.2, 0) is 4.79 Å². The largest absolute Gasteiger partial charge is 0.388 e. The molecule has 2 N–H and O–H groups in total. The van der Waals surface area contributed by atoms with Crippen LogP contribution in [-0.4, -0.2) is 41.1 Å². The van der Waals surface area contributed by atoms with Crippen LogP contribution in [0.15, 0.2) is 24.3 Å². The predicted molar refractivity (Wildman–Crippen MR) is 70.0 cm³/mol. The van der Waals surface area contributed by atoms with Crippen LogP contribution in [0.4, 0.5) is 4.39 Å². The lowest BCUT2D eigenvalue weighted by Gasteiger charge is -2.43. The lowest BCUT2D eigenvalue weighted by Crippen LogP contribution is -2.61. The highest BCUT2D eigenvalue weighted by atomic mass is 19.1. The van der Waals surface area contributed by atoms with E-state index >= 15 is 0 Å². The van der Waals surface area contributed by atoms with Crippen LogP contribution in [0.25, 0.3) is 0 Å². The molecule has 1 aromatic carbocycles. The van der Waals surface area contributed by atoms with Crippen molar-refractivity contribution in [2.45, 2.75) is 25.5 Å². The van der Waals surface area contributed by atoms with Crippen LogP contribution >= 0.6 is 0 Å². The smallest absolute Gasteiger partial charge is 0.234 e. The number of amides is 1. The molecule has 2 rings (SSSR count). The Kier molecular flexibility index (Phi) is 3.87. The van der Waals surface area contributed by atoms with Crippen molar-refractivity contribution in [2.75, 3.05) is 19.6 Å². The van der Waals surface area contributed by atoms with Gasteiger partial charge in [-0.25, -0.2) is 4.39 Å². The van der Waals surface area contributed by atoms with Crippen LogP contribution in [0.5, 0.6) is 0 Å². The summed E-state index contributed by atoms with van der Waals surface area (Å²) in [5, 5.41) is 12.4. The summed E-state index contributed by atoms with van der Waals surface area (Å²) in [6.45, 7) is 4.93. The quantitative estimate of drug-likeness (QED) is 0.857. The minimum atomic E-state index is -0.664. The van der Waals surface area contributed by atoms with Gasteiger partial charge in [0.1, 0.15) is 5.82 Å². The average molecular weight is 266 g/mol. The van der Waals surface area contributed by atoms with Crippen molar-refractivity contribution in [3.63, 3.8) is 0 Å². The summed E-state index contributed by atoms with van der Waals surface area (Å²) in [7, 11) is 0. The number of rotatable bonds is 4. The summed E-state index contributed by atoms with van der Waals surface area (Å²) in [6.07, 6.45) is 0. The molecule has 1 heterocycles. The summed E-state index contributed by atoms with van der Waals surface area (Å²) in [4.78, 5) is 13.7. The molecule has 1 aromatic rings. The number of likely N-dealkylation sites (tertiary alicyclic amines) is 1. The van der Waals surface area contributed by atoms with E-state index in [2.05, 4.69) is 5.32 Å². The van der Waals surface area contributed by atoms with E-state index in [-0.39, 0.29) is 24.3 Å². The second-order valence-electron chi connectivity index (χ2n) is 5.48. The van der Waals surface area contributed by atoms with Crippen LogP contribution in [0.1, 0.15) is 25.5 Å². The molecule has 1 saturated heterocycles. The second-order valence-corrected chi connectivity index (χ2v) is 5.48. The molecule has 1 aliphatic heterocycles. The molecule has 0 aromatic heterocycles. The minimum absolute atomic E-state index is 0.0904. The third-order valence-electron chi connectivity index (χ3n) is 3.24. The zero-order valence-corrected chi connectivity index (χ0v) is 11.2. The molecule has 104 valence electrons. The van der Waals surface area contributed by atoms with Crippen LogP contribution in [0.2, 0.25) is 0 Å². The van der Waals surface area contributed by atoms with Gasteiger partial charge in [0.25, 0.3) is 0 Å². The Labute approximate surface area is 112 Å².